The zero-order chi connectivity index (χ0) is 34.5. The van der Waals surface area contributed by atoms with Crippen molar-refractivity contribution >= 4 is 11.9 Å². The van der Waals surface area contributed by atoms with E-state index in [9.17, 15) is 20.1 Å². The van der Waals surface area contributed by atoms with Crippen LogP contribution in [0.2, 0.25) is 0 Å². The number of benzene rings is 4. The van der Waals surface area contributed by atoms with Crippen LogP contribution in [-0.2, 0) is 19.1 Å². The molecule has 4 rings (SSSR count). The highest BCUT2D eigenvalue weighted by molar-refractivity contribution is 6.29. The van der Waals surface area contributed by atoms with Crippen molar-refractivity contribution in [1.29, 1.82) is 10.5 Å². The average molecular weight is 647 g/mol. The van der Waals surface area contributed by atoms with Crippen molar-refractivity contribution < 1.29 is 28.5 Å². The molecule has 246 valence electrons. The first-order chi connectivity index (χ1) is 23.2. The zero-order valence-corrected chi connectivity index (χ0v) is 27.4. The molecule has 4 aromatic carbocycles. The Bertz CT molecular complexity index is 1600. The van der Waals surface area contributed by atoms with Gasteiger partial charge in [0.25, 0.3) is 0 Å². The minimum Gasteiger partial charge on any atom is -0.484 e. The molecule has 0 saturated carbocycles. The van der Waals surface area contributed by atoms with Crippen LogP contribution in [0.25, 0.3) is 0 Å². The Morgan fingerprint density at radius 1 is 0.562 bits per heavy atom. The maximum Gasteiger partial charge on any atom is 0.419 e. The van der Waals surface area contributed by atoms with E-state index in [4.69, 9.17) is 18.9 Å². The number of carbonyl (C=O) groups is 2. The zero-order valence-electron chi connectivity index (χ0n) is 27.4. The molecule has 4 unspecified atom stereocenters. The van der Waals surface area contributed by atoms with E-state index in [2.05, 4.69) is 12.1 Å². The number of rotatable bonds is 14. The molecule has 0 aliphatic carbocycles. The standard InChI is InChI=1S/C38H38N4O6/c1-41(2)35(23-33(27-15-7-5-8-16-27)45-31-21-13-11-19-29(31)25-39)47-37(43)38(44)48-36(42(3)4)24-34(28-17-9-6-10-18-28)46-32-22-14-12-20-30(32)26-40/h5-22,33-36H,23-24H2,1-4H3. The predicted octanol–water partition coefficient (Wildman–Crippen LogP) is 6.01. The van der Waals surface area contributed by atoms with Gasteiger partial charge in [0.05, 0.1) is 11.1 Å². The van der Waals surface area contributed by atoms with Crippen LogP contribution in [0.15, 0.2) is 109 Å². The smallest absolute Gasteiger partial charge is 0.419 e. The van der Waals surface area contributed by atoms with Crippen LogP contribution in [0.3, 0.4) is 0 Å². The summed E-state index contributed by atoms with van der Waals surface area (Å²) in [5, 5.41) is 19.2. The van der Waals surface area contributed by atoms with Gasteiger partial charge >= 0.3 is 11.9 Å². The molecule has 0 aromatic heterocycles. The molecule has 0 bridgehead atoms. The van der Waals surface area contributed by atoms with Crippen LogP contribution in [0.5, 0.6) is 11.5 Å². The highest BCUT2D eigenvalue weighted by atomic mass is 16.6. The van der Waals surface area contributed by atoms with Crippen LogP contribution in [0.4, 0.5) is 0 Å². The quantitative estimate of drug-likeness (QED) is 0.0913. The summed E-state index contributed by atoms with van der Waals surface area (Å²) >= 11 is 0. The molecule has 0 aliphatic rings. The third-order valence-corrected chi connectivity index (χ3v) is 7.53. The van der Waals surface area contributed by atoms with Crippen LogP contribution < -0.4 is 9.47 Å². The van der Waals surface area contributed by atoms with E-state index in [1.165, 1.54) is 0 Å². The summed E-state index contributed by atoms with van der Waals surface area (Å²) in [7, 11) is 6.88. The number of nitrogens with zero attached hydrogens (tertiary/aromatic N) is 4. The Labute approximate surface area is 281 Å². The fourth-order valence-corrected chi connectivity index (χ4v) is 4.91. The third-order valence-electron chi connectivity index (χ3n) is 7.53. The van der Waals surface area contributed by atoms with Crippen molar-refractivity contribution in [2.24, 2.45) is 0 Å². The second kappa shape index (κ2) is 17.3. The summed E-state index contributed by atoms with van der Waals surface area (Å²) in [6.45, 7) is 0. The van der Waals surface area contributed by atoms with Gasteiger partial charge in [-0.3, -0.25) is 9.80 Å². The molecule has 0 heterocycles. The Hall–Kier alpha value is -5.68. The molecular formula is C38H38N4O6. The summed E-state index contributed by atoms with van der Waals surface area (Å²) in [6.07, 6.45) is -2.71. The van der Waals surface area contributed by atoms with E-state index in [0.29, 0.717) is 22.6 Å². The normalized spacial score (nSPS) is 13.3. The highest BCUT2D eigenvalue weighted by Crippen LogP contribution is 2.31. The molecule has 10 heteroatoms. The van der Waals surface area contributed by atoms with E-state index in [1.807, 2.05) is 60.7 Å². The van der Waals surface area contributed by atoms with Crippen molar-refractivity contribution in [3.63, 3.8) is 0 Å². The lowest BCUT2D eigenvalue weighted by Crippen LogP contribution is -2.41. The van der Waals surface area contributed by atoms with Crippen LogP contribution in [0, 0.1) is 22.7 Å². The summed E-state index contributed by atoms with van der Waals surface area (Å²) < 4.78 is 24.0. The van der Waals surface area contributed by atoms with Crippen LogP contribution in [-0.4, -0.2) is 62.4 Å². The molecule has 4 atom stereocenters. The number of para-hydroxylation sites is 2. The molecule has 0 spiro atoms. The minimum atomic E-state index is -1.17. The lowest BCUT2D eigenvalue weighted by atomic mass is 10.0. The molecule has 0 fully saturated rings. The number of hydrogen-bond donors (Lipinski definition) is 0. The topological polar surface area (TPSA) is 125 Å². The molecule has 0 radical (unpaired) electrons. The first kappa shape index (κ1) is 35.2. The second-order valence-electron chi connectivity index (χ2n) is 11.4. The first-order valence-corrected chi connectivity index (χ1v) is 15.4. The van der Waals surface area contributed by atoms with Crippen molar-refractivity contribution in [1.82, 2.24) is 9.80 Å². The molecule has 0 amide bonds. The number of hydrogen-bond acceptors (Lipinski definition) is 10. The Morgan fingerprint density at radius 2 is 0.896 bits per heavy atom. The number of esters is 2. The van der Waals surface area contributed by atoms with E-state index in [-0.39, 0.29) is 12.8 Å². The summed E-state index contributed by atoms with van der Waals surface area (Å²) in [4.78, 5) is 29.8. The van der Waals surface area contributed by atoms with Crippen molar-refractivity contribution in [2.45, 2.75) is 37.5 Å². The van der Waals surface area contributed by atoms with Crippen LogP contribution in [0.1, 0.15) is 47.3 Å². The average Bonchev–Trinajstić information content (AvgIpc) is 3.11. The second-order valence-corrected chi connectivity index (χ2v) is 11.4. The maximum absolute atomic E-state index is 13.2. The molecule has 4 aromatic rings. The number of carbonyl (C=O) groups excluding carboxylic acids is 2. The fourth-order valence-electron chi connectivity index (χ4n) is 4.91. The van der Waals surface area contributed by atoms with Gasteiger partial charge in [-0.15, -0.1) is 0 Å². The van der Waals surface area contributed by atoms with Gasteiger partial charge in [0.1, 0.15) is 35.8 Å². The van der Waals surface area contributed by atoms with Gasteiger partial charge < -0.3 is 18.9 Å². The largest absolute Gasteiger partial charge is 0.484 e. The predicted molar refractivity (Wildman–Crippen MR) is 178 cm³/mol. The van der Waals surface area contributed by atoms with E-state index in [0.717, 1.165) is 11.1 Å². The summed E-state index contributed by atoms with van der Waals surface area (Å²) in [5.41, 5.74) is 2.33. The third kappa shape index (κ3) is 9.66. The minimum absolute atomic E-state index is 0.148. The Kier molecular flexibility index (Phi) is 12.7. The monoisotopic (exact) mass is 646 g/mol. The lowest BCUT2D eigenvalue weighted by molar-refractivity contribution is -0.185. The summed E-state index contributed by atoms with van der Waals surface area (Å²) in [5.74, 6) is -1.56. The maximum atomic E-state index is 13.2. The van der Waals surface area contributed by atoms with Crippen molar-refractivity contribution in [3.05, 3.63) is 131 Å². The van der Waals surface area contributed by atoms with Crippen molar-refractivity contribution in [3.8, 4) is 23.6 Å². The Balaban J connectivity index is 1.50. The molecule has 0 aliphatic heterocycles. The Morgan fingerprint density at radius 3 is 1.23 bits per heavy atom. The van der Waals surface area contributed by atoms with Crippen molar-refractivity contribution in [2.75, 3.05) is 28.2 Å². The van der Waals surface area contributed by atoms with E-state index in [1.54, 1.807) is 86.5 Å². The van der Waals surface area contributed by atoms with E-state index < -0.39 is 36.6 Å². The molecule has 0 saturated heterocycles. The summed E-state index contributed by atoms with van der Waals surface area (Å²) in [6, 6.07) is 36.8. The molecular weight excluding hydrogens is 608 g/mol. The van der Waals surface area contributed by atoms with Gasteiger partial charge in [-0.1, -0.05) is 84.9 Å². The van der Waals surface area contributed by atoms with Gasteiger partial charge in [-0.25, -0.2) is 9.59 Å². The number of nitriles is 2. The first-order valence-electron chi connectivity index (χ1n) is 15.4. The van der Waals surface area contributed by atoms with Gasteiger partial charge in [-0.2, -0.15) is 10.5 Å². The molecule has 0 N–H and O–H groups in total. The molecule has 48 heavy (non-hydrogen) atoms. The van der Waals surface area contributed by atoms with Gasteiger partial charge in [0, 0.05) is 12.8 Å². The lowest BCUT2D eigenvalue weighted by Gasteiger charge is -2.30. The SMILES string of the molecule is CN(C)C(CC(Oc1ccccc1C#N)c1ccccc1)OC(=O)C(=O)OC(CC(Oc1ccccc1C#N)c1ccccc1)N(C)C. The van der Waals surface area contributed by atoms with Gasteiger partial charge in [-0.05, 0) is 63.6 Å². The number of ether oxygens (including phenoxy) is 4. The fraction of sp³-hybridized carbons (Fsp3) is 0.263. The molecule has 10 nitrogen and oxygen atoms in total. The van der Waals surface area contributed by atoms with Gasteiger partial charge in [0.15, 0.2) is 12.5 Å². The van der Waals surface area contributed by atoms with E-state index >= 15 is 0 Å². The van der Waals surface area contributed by atoms with Gasteiger partial charge in [0.2, 0.25) is 0 Å². The van der Waals surface area contributed by atoms with Crippen LogP contribution >= 0.6 is 0 Å². The highest BCUT2D eigenvalue weighted by Gasteiger charge is 2.32.